The summed E-state index contributed by atoms with van der Waals surface area (Å²) < 4.78 is 10.4. The summed E-state index contributed by atoms with van der Waals surface area (Å²) in [6.07, 6.45) is 3.69. The van der Waals surface area contributed by atoms with Gasteiger partial charge in [0, 0.05) is 26.3 Å². The molecule has 0 radical (unpaired) electrons. The van der Waals surface area contributed by atoms with Crippen LogP contribution in [0.3, 0.4) is 0 Å². The van der Waals surface area contributed by atoms with Crippen molar-refractivity contribution in [1.82, 2.24) is 10.2 Å². The molecule has 4 heteroatoms. The third-order valence-corrected chi connectivity index (χ3v) is 3.13. The minimum Gasteiger partial charge on any atom is -0.383 e. The number of methoxy groups -OCH3 is 1. The fourth-order valence-electron chi connectivity index (χ4n) is 1.96. The smallest absolute Gasteiger partial charge is 0.0622 e. The van der Waals surface area contributed by atoms with Gasteiger partial charge >= 0.3 is 0 Å². The Morgan fingerprint density at radius 1 is 1.38 bits per heavy atom. The van der Waals surface area contributed by atoms with Gasteiger partial charge in [-0.3, -0.25) is 0 Å². The molecule has 16 heavy (non-hydrogen) atoms. The number of ether oxygens (including phenoxy) is 2. The van der Waals surface area contributed by atoms with E-state index in [2.05, 4.69) is 17.3 Å². The Kier molecular flexibility index (Phi) is 7.76. The zero-order valence-electron chi connectivity index (χ0n) is 10.7. The van der Waals surface area contributed by atoms with Gasteiger partial charge in [0.05, 0.1) is 13.2 Å². The first kappa shape index (κ1) is 13.9. The van der Waals surface area contributed by atoms with Gasteiger partial charge in [-0.1, -0.05) is 0 Å². The maximum atomic E-state index is 5.38. The summed E-state index contributed by atoms with van der Waals surface area (Å²) in [6.45, 7) is 5.90. The molecule has 0 bridgehead atoms. The lowest BCUT2D eigenvalue weighted by molar-refractivity contribution is 0.158. The molecule has 0 amide bonds. The van der Waals surface area contributed by atoms with Crippen molar-refractivity contribution in [3.05, 3.63) is 0 Å². The van der Waals surface area contributed by atoms with E-state index in [1.54, 1.807) is 7.11 Å². The quantitative estimate of drug-likeness (QED) is 0.592. The Morgan fingerprint density at radius 3 is 2.94 bits per heavy atom. The molecule has 1 aliphatic heterocycles. The van der Waals surface area contributed by atoms with Crippen molar-refractivity contribution < 1.29 is 9.47 Å². The van der Waals surface area contributed by atoms with Gasteiger partial charge in [0.25, 0.3) is 0 Å². The van der Waals surface area contributed by atoms with Crippen molar-refractivity contribution in [1.29, 1.82) is 0 Å². The molecule has 0 saturated carbocycles. The number of hydrogen-bond donors (Lipinski definition) is 1. The number of unbranched alkanes of at least 4 members (excludes halogenated alkanes) is 1. The fraction of sp³-hybridized carbons (Fsp3) is 1.00. The second-order valence-electron chi connectivity index (χ2n) is 4.45. The van der Waals surface area contributed by atoms with Crippen LogP contribution in [0.1, 0.15) is 19.3 Å². The predicted octanol–water partition coefficient (Wildman–Crippen LogP) is 0.723. The summed E-state index contributed by atoms with van der Waals surface area (Å²) in [5.41, 5.74) is 0. The molecule has 0 aromatic rings. The van der Waals surface area contributed by atoms with Crippen molar-refractivity contribution >= 4 is 0 Å². The van der Waals surface area contributed by atoms with Crippen LogP contribution in [0.4, 0.5) is 0 Å². The standard InChI is InChI=1S/C12H26N2O2/c1-14(12-5-9-16-11-12)8-4-3-6-13-7-10-15-2/h12-13H,3-11H2,1-2H3. The summed E-state index contributed by atoms with van der Waals surface area (Å²) in [5, 5.41) is 3.36. The van der Waals surface area contributed by atoms with E-state index in [4.69, 9.17) is 9.47 Å². The van der Waals surface area contributed by atoms with Crippen molar-refractivity contribution in [2.45, 2.75) is 25.3 Å². The van der Waals surface area contributed by atoms with E-state index in [1.165, 1.54) is 25.8 Å². The summed E-state index contributed by atoms with van der Waals surface area (Å²) in [6, 6.07) is 0.654. The average molecular weight is 230 g/mol. The van der Waals surface area contributed by atoms with Crippen LogP contribution in [0.15, 0.2) is 0 Å². The molecule has 1 saturated heterocycles. The first-order valence-corrected chi connectivity index (χ1v) is 6.32. The molecule has 0 aliphatic carbocycles. The Bertz CT molecular complexity index is 161. The minimum absolute atomic E-state index is 0.654. The second-order valence-corrected chi connectivity index (χ2v) is 4.45. The molecule has 4 nitrogen and oxygen atoms in total. The maximum absolute atomic E-state index is 5.38. The highest BCUT2D eigenvalue weighted by atomic mass is 16.5. The largest absolute Gasteiger partial charge is 0.383 e. The van der Waals surface area contributed by atoms with Crippen LogP contribution in [0, 0.1) is 0 Å². The number of likely N-dealkylation sites (N-methyl/N-ethyl adjacent to an activating group) is 1. The van der Waals surface area contributed by atoms with Crippen LogP contribution in [0.25, 0.3) is 0 Å². The lowest BCUT2D eigenvalue weighted by Crippen LogP contribution is -2.33. The highest BCUT2D eigenvalue weighted by Crippen LogP contribution is 2.10. The third kappa shape index (κ3) is 5.80. The Hall–Kier alpha value is -0.160. The van der Waals surface area contributed by atoms with Gasteiger partial charge in [0.2, 0.25) is 0 Å². The third-order valence-electron chi connectivity index (χ3n) is 3.13. The van der Waals surface area contributed by atoms with E-state index in [9.17, 15) is 0 Å². The first-order chi connectivity index (χ1) is 7.84. The Morgan fingerprint density at radius 2 is 2.25 bits per heavy atom. The van der Waals surface area contributed by atoms with E-state index >= 15 is 0 Å². The zero-order valence-corrected chi connectivity index (χ0v) is 10.7. The maximum Gasteiger partial charge on any atom is 0.0622 e. The average Bonchev–Trinajstić information content (AvgIpc) is 2.81. The fourth-order valence-corrected chi connectivity index (χ4v) is 1.96. The van der Waals surface area contributed by atoms with Crippen LogP contribution in [-0.4, -0.2) is 64.6 Å². The van der Waals surface area contributed by atoms with Crippen LogP contribution >= 0.6 is 0 Å². The molecule has 1 heterocycles. The van der Waals surface area contributed by atoms with E-state index in [-0.39, 0.29) is 0 Å². The van der Waals surface area contributed by atoms with Gasteiger partial charge in [-0.25, -0.2) is 0 Å². The molecule has 1 N–H and O–H groups in total. The topological polar surface area (TPSA) is 33.7 Å². The highest BCUT2D eigenvalue weighted by Gasteiger charge is 2.19. The summed E-state index contributed by atoms with van der Waals surface area (Å²) in [7, 11) is 3.94. The van der Waals surface area contributed by atoms with Gasteiger partial charge < -0.3 is 19.7 Å². The van der Waals surface area contributed by atoms with Gasteiger partial charge in [-0.2, -0.15) is 0 Å². The van der Waals surface area contributed by atoms with Crippen LogP contribution in [0.5, 0.6) is 0 Å². The number of nitrogens with zero attached hydrogens (tertiary/aromatic N) is 1. The summed E-state index contributed by atoms with van der Waals surface area (Å²) in [4.78, 5) is 2.43. The minimum atomic E-state index is 0.654. The van der Waals surface area contributed by atoms with Crippen LogP contribution in [-0.2, 0) is 9.47 Å². The second kappa shape index (κ2) is 8.93. The van der Waals surface area contributed by atoms with Crippen molar-refractivity contribution in [3.8, 4) is 0 Å². The molecule has 1 unspecified atom stereocenters. The van der Waals surface area contributed by atoms with Gasteiger partial charge in [0.1, 0.15) is 0 Å². The molecule has 0 aromatic heterocycles. The first-order valence-electron chi connectivity index (χ1n) is 6.32. The monoisotopic (exact) mass is 230 g/mol. The molecule has 0 aromatic carbocycles. The Labute approximate surface area is 99.3 Å². The Balaban J connectivity index is 1.86. The molecular weight excluding hydrogens is 204 g/mol. The molecular formula is C12H26N2O2. The van der Waals surface area contributed by atoms with Crippen molar-refractivity contribution in [2.24, 2.45) is 0 Å². The lowest BCUT2D eigenvalue weighted by atomic mass is 10.2. The molecule has 96 valence electrons. The number of rotatable bonds is 9. The summed E-state index contributed by atoms with van der Waals surface area (Å²) in [5.74, 6) is 0. The van der Waals surface area contributed by atoms with Gasteiger partial charge in [-0.05, 0) is 39.4 Å². The van der Waals surface area contributed by atoms with Crippen LogP contribution < -0.4 is 5.32 Å². The summed E-state index contributed by atoms with van der Waals surface area (Å²) >= 11 is 0. The van der Waals surface area contributed by atoms with Crippen molar-refractivity contribution in [2.75, 3.05) is 53.6 Å². The van der Waals surface area contributed by atoms with E-state index in [0.717, 1.165) is 32.9 Å². The lowest BCUT2D eigenvalue weighted by Gasteiger charge is -2.22. The van der Waals surface area contributed by atoms with Gasteiger partial charge in [0.15, 0.2) is 0 Å². The molecule has 1 rings (SSSR count). The zero-order chi connectivity index (χ0) is 11.6. The van der Waals surface area contributed by atoms with Gasteiger partial charge in [-0.15, -0.1) is 0 Å². The number of hydrogen-bond acceptors (Lipinski definition) is 4. The molecule has 1 atom stereocenters. The van der Waals surface area contributed by atoms with Crippen LogP contribution in [0.2, 0.25) is 0 Å². The van der Waals surface area contributed by atoms with E-state index < -0.39 is 0 Å². The van der Waals surface area contributed by atoms with E-state index in [1.807, 2.05) is 0 Å². The number of nitrogens with one attached hydrogen (secondary N) is 1. The predicted molar refractivity (Wildman–Crippen MR) is 65.8 cm³/mol. The SMILES string of the molecule is COCCNCCCCN(C)C1CCOC1. The normalized spacial score (nSPS) is 20.8. The molecule has 1 aliphatic rings. The molecule has 1 fully saturated rings. The molecule has 0 spiro atoms. The van der Waals surface area contributed by atoms with Crippen molar-refractivity contribution in [3.63, 3.8) is 0 Å². The highest BCUT2D eigenvalue weighted by molar-refractivity contribution is 4.72. The van der Waals surface area contributed by atoms with E-state index in [0.29, 0.717) is 6.04 Å².